The Hall–Kier alpha value is -1.13. The van der Waals surface area contributed by atoms with Crippen molar-refractivity contribution in [3.63, 3.8) is 0 Å². The molecule has 1 fully saturated rings. The number of nitrogens with two attached hydrogens (primary N) is 1. The van der Waals surface area contributed by atoms with Crippen LogP contribution in [-0.4, -0.2) is 22.9 Å². The monoisotopic (exact) mass is 298 g/mol. The Balaban J connectivity index is 2.45. The van der Waals surface area contributed by atoms with Crippen LogP contribution in [0.15, 0.2) is 18.2 Å². The zero-order chi connectivity index (χ0) is 14.9. The molecule has 0 radical (unpaired) electrons. The molecular weight excluding hydrogens is 279 g/mol. The van der Waals surface area contributed by atoms with Gasteiger partial charge in [0.05, 0.1) is 11.1 Å². The van der Waals surface area contributed by atoms with Crippen LogP contribution in [-0.2, 0) is 4.79 Å². The average Bonchev–Trinajstić information content (AvgIpc) is 2.52. The van der Waals surface area contributed by atoms with E-state index in [1.165, 1.54) is 6.07 Å². The van der Waals surface area contributed by atoms with Gasteiger partial charge >= 0.3 is 0 Å². The smallest absolute Gasteiger partial charge is 0.223 e. The topological polar surface area (TPSA) is 46.3 Å². The minimum atomic E-state index is -0.458. The maximum Gasteiger partial charge on any atom is 0.223 e. The number of carbonyl (C=O) groups is 1. The first-order valence-corrected chi connectivity index (χ1v) is 7.31. The van der Waals surface area contributed by atoms with Crippen LogP contribution in [0.4, 0.5) is 4.39 Å². The number of halogens is 2. The average molecular weight is 299 g/mol. The fourth-order valence-electron chi connectivity index (χ4n) is 2.85. The maximum atomic E-state index is 13.3. The molecule has 5 heteroatoms. The lowest BCUT2D eigenvalue weighted by atomic mass is 9.95. The van der Waals surface area contributed by atoms with Gasteiger partial charge in [-0.05, 0) is 44.4 Å². The number of nitrogens with zero attached hydrogens (tertiary/aromatic N) is 1. The summed E-state index contributed by atoms with van der Waals surface area (Å²) in [5.41, 5.74) is 7.06. The van der Waals surface area contributed by atoms with E-state index in [2.05, 4.69) is 0 Å². The molecule has 1 aliphatic rings. The third kappa shape index (κ3) is 2.96. The molecule has 0 saturated carbocycles. The van der Waals surface area contributed by atoms with Gasteiger partial charge in [-0.3, -0.25) is 4.79 Å². The van der Waals surface area contributed by atoms with Crippen LogP contribution >= 0.6 is 11.6 Å². The maximum absolute atomic E-state index is 13.3. The van der Waals surface area contributed by atoms with Crippen molar-refractivity contribution in [3.8, 4) is 0 Å². The van der Waals surface area contributed by atoms with Crippen molar-refractivity contribution < 1.29 is 9.18 Å². The van der Waals surface area contributed by atoms with Crippen LogP contribution in [0.5, 0.6) is 0 Å². The van der Waals surface area contributed by atoms with E-state index >= 15 is 0 Å². The molecule has 1 saturated heterocycles. The number of carbonyl (C=O) groups excluding carboxylic acids is 1. The molecule has 2 N–H and O–H groups in total. The summed E-state index contributed by atoms with van der Waals surface area (Å²) < 4.78 is 13.3. The summed E-state index contributed by atoms with van der Waals surface area (Å²) in [5, 5.41) is 0.0649. The number of hydrogen-bond acceptors (Lipinski definition) is 2. The largest absolute Gasteiger partial charge is 0.332 e. The molecule has 2 rings (SSSR count). The third-order valence-corrected chi connectivity index (χ3v) is 4.05. The van der Waals surface area contributed by atoms with Gasteiger partial charge in [0.2, 0.25) is 5.91 Å². The zero-order valence-corrected chi connectivity index (χ0v) is 12.5. The molecule has 0 aliphatic carbocycles. The lowest BCUT2D eigenvalue weighted by molar-refractivity contribution is -0.135. The normalized spacial score (nSPS) is 24.1. The highest BCUT2D eigenvalue weighted by atomic mass is 35.5. The third-order valence-electron chi connectivity index (χ3n) is 3.76. The molecule has 20 heavy (non-hydrogen) atoms. The minimum Gasteiger partial charge on any atom is -0.332 e. The summed E-state index contributed by atoms with van der Waals surface area (Å²) >= 11 is 5.87. The molecule has 0 spiro atoms. The van der Waals surface area contributed by atoms with Gasteiger partial charge in [-0.2, -0.15) is 0 Å². The van der Waals surface area contributed by atoms with E-state index in [0.717, 1.165) is 18.4 Å². The fraction of sp³-hybridized carbons (Fsp3) is 0.533. The van der Waals surface area contributed by atoms with Crippen molar-refractivity contribution in [2.45, 2.75) is 51.2 Å². The van der Waals surface area contributed by atoms with Gasteiger partial charge in [0.15, 0.2) is 0 Å². The van der Waals surface area contributed by atoms with E-state index in [1.54, 1.807) is 17.0 Å². The van der Waals surface area contributed by atoms with Crippen LogP contribution in [0.2, 0.25) is 5.02 Å². The molecule has 1 aromatic rings. The summed E-state index contributed by atoms with van der Waals surface area (Å²) in [6.45, 7) is 3.93. The first kappa shape index (κ1) is 15.3. The number of benzene rings is 1. The summed E-state index contributed by atoms with van der Waals surface area (Å²) in [4.78, 5) is 14.1. The van der Waals surface area contributed by atoms with Crippen molar-refractivity contribution in [2.75, 3.05) is 0 Å². The van der Waals surface area contributed by atoms with Crippen LogP contribution in [0.1, 0.15) is 44.7 Å². The van der Waals surface area contributed by atoms with Crippen molar-refractivity contribution in [3.05, 3.63) is 34.6 Å². The van der Waals surface area contributed by atoms with Gasteiger partial charge in [0, 0.05) is 18.5 Å². The minimum absolute atomic E-state index is 0.0421. The predicted octanol–water partition coefficient (Wildman–Crippen LogP) is 3.27. The van der Waals surface area contributed by atoms with Gasteiger partial charge in [0.25, 0.3) is 0 Å². The summed E-state index contributed by atoms with van der Waals surface area (Å²) in [7, 11) is 0. The van der Waals surface area contributed by atoms with E-state index < -0.39 is 5.82 Å². The highest BCUT2D eigenvalue weighted by molar-refractivity contribution is 6.30. The number of likely N-dealkylation sites (tertiary alicyclic amines) is 1. The summed E-state index contributed by atoms with van der Waals surface area (Å²) in [6, 6.07) is 4.21. The van der Waals surface area contributed by atoms with E-state index in [-0.39, 0.29) is 29.1 Å². The molecule has 0 bridgehead atoms. The van der Waals surface area contributed by atoms with Crippen molar-refractivity contribution in [2.24, 2.45) is 5.73 Å². The molecule has 1 amide bonds. The lowest BCUT2D eigenvalue weighted by Gasteiger charge is -2.37. The molecule has 2 unspecified atom stereocenters. The van der Waals surface area contributed by atoms with Crippen molar-refractivity contribution in [1.29, 1.82) is 0 Å². The predicted molar refractivity (Wildman–Crippen MR) is 78.0 cm³/mol. The fourth-order valence-corrected chi connectivity index (χ4v) is 3.04. The van der Waals surface area contributed by atoms with E-state index in [1.807, 2.05) is 13.8 Å². The van der Waals surface area contributed by atoms with E-state index in [9.17, 15) is 9.18 Å². The molecule has 0 aromatic heterocycles. The lowest BCUT2D eigenvalue weighted by Crippen LogP contribution is -2.45. The van der Waals surface area contributed by atoms with Crippen molar-refractivity contribution >= 4 is 17.5 Å². The number of hydrogen-bond donors (Lipinski definition) is 1. The molecular formula is C15H20ClFN2O. The van der Waals surface area contributed by atoms with Gasteiger partial charge in [0.1, 0.15) is 5.82 Å². The summed E-state index contributed by atoms with van der Waals surface area (Å²) in [6.07, 6.45) is 2.07. The number of rotatable bonds is 2. The second kappa shape index (κ2) is 6.10. The standard InChI is InChI=1S/C15H20ClFN2O/c1-9(2)19-14(20)5-3-4-13(18)15(19)10-6-7-12(17)11(16)8-10/h6-9,13,15H,3-5,18H2,1-2H3. The second-order valence-electron chi connectivity index (χ2n) is 5.57. The van der Waals surface area contributed by atoms with Crippen LogP contribution < -0.4 is 5.73 Å². The van der Waals surface area contributed by atoms with E-state index in [0.29, 0.717) is 6.42 Å². The number of amides is 1. The highest BCUT2D eigenvalue weighted by Gasteiger charge is 2.34. The van der Waals surface area contributed by atoms with E-state index in [4.69, 9.17) is 17.3 Å². The van der Waals surface area contributed by atoms with Crippen LogP contribution in [0.25, 0.3) is 0 Å². The Labute approximate surface area is 123 Å². The van der Waals surface area contributed by atoms with Gasteiger partial charge in [-0.1, -0.05) is 17.7 Å². The molecule has 2 atom stereocenters. The Morgan fingerprint density at radius 3 is 2.75 bits per heavy atom. The van der Waals surface area contributed by atoms with Crippen molar-refractivity contribution in [1.82, 2.24) is 4.90 Å². The van der Waals surface area contributed by atoms with Crippen LogP contribution in [0.3, 0.4) is 0 Å². The second-order valence-corrected chi connectivity index (χ2v) is 5.98. The zero-order valence-electron chi connectivity index (χ0n) is 11.8. The molecule has 1 aromatic carbocycles. The van der Waals surface area contributed by atoms with Gasteiger partial charge in [-0.25, -0.2) is 4.39 Å². The van der Waals surface area contributed by atoms with Gasteiger partial charge in [-0.15, -0.1) is 0 Å². The summed E-state index contributed by atoms with van der Waals surface area (Å²) in [5.74, 6) is -0.363. The Morgan fingerprint density at radius 2 is 2.15 bits per heavy atom. The Kier molecular flexibility index (Phi) is 4.66. The SMILES string of the molecule is CC(C)N1C(=O)CCCC(N)C1c1ccc(F)c(Cl)c1. The first-order valence-electron chi connectivity index (χ1n) is 6.93. The Bertz CT molecular complexity index is 507. The molecule has 110 valence electrons. The Morgan fingerprint density at radius 1 is 1.45 bits per heavy atom. The highest BCUT2D eigenvalue weighted by Crippen LogP contribution is 2.33. The van der Waals surface area contributed by atoms with Gasteiger partial charge < -0.3 is 10.6 Å². The quantitative estimate of drug-likeness (QED) is 0.911. The first-order chi connectivity index (χ1) is 9.41. The van der Waals surface area contributed by atoms with Crippen LogP contribution in [0, 0.1) is 5.82 Å². The molecule has 1 aliphatic heterocycles. The molecule has 1 heterocycles. The molecule has 3 nitrogen and oxygen atoms in total.